The van der Waals surface area contributed by atoms with E-state index in [2.05, 4.69) is 132 Å². The molecule has 0 fully saturated rings. The summed E-state index contributed by atoms with van der Waals surface area (Å²) in [7, 11) is 0. The molecule has 0 spiro atoms. The van der Waals surface area contributed by atoms with Crippen molar-refractivity contribution in [2.75, 3.05) is 4.90 Å². The average Bonchev–Trinajstić information content (AvgIpc) is 1.53. The number of rotatable bonds is 15. The molecule has 610 valence electrons. The predicted molar refractivity (Wildman–Crippen MR) is 515 cm³/mol. The summed E-state index contributed by atoms with van der Waals surface area (Å²) in [5.74, 6) is 6.83. The van der Waals surface area contributed by atoms with E-state index in [4.69, 9.17) is 74.8 Å². The van der Waals surface area contributed by atoms with Crippen molar-refractivity contribution in [3.8, 4) is 138 Å². The Morgan fingerprint density at radius 2 is 0.496 bits per heavy atom. The zero-order chi connectivity index (χ0) is 86.1. The van der Waals surface area contributed by atoms with Crippen LogP contribution in [0, 0.1) is 12.1 Å². The highest BCUT2D eigenvalue weighted by atomic mass is 15.3. The topological polar surface area (TPSA) is 216 Å². The Labute approximate surface area is 747 Å². The van der Waals surface area contributed by atoms with Crippen LogP contribution in [0.1, 0.15) is 11.5 Å². The molecule has 10 heterocycles. The third-order valence-electron chi connectivity index (χ3n) is 24.8. The fraction of sp³-hybridized carbons (Fsp3) is 0.0180. The summed E-state index contributed by atoms with van der Waals surface area (Å²) in [5, 5.41) is 7.98. The maximum atomic E-state index is 5.69. The van der Waals surface area contributed by atoms with E-state index in [1.165, 1.54) is 0 Å². The molecule has 26 rings (SSSR count). The van der Waals surface area contributed by atoms with Crippen LogP contribution in [0.4, 0.5) is 11.6 Å². The second kappa shape index (κ2) is 30.2. The molecular formula is C111H66N20. The van der Waals surface area contributed by atoms with Gasteiger partial charge in [-0.15, -0.1) is 0 Å². The summed E-state index contributed by atoms with van der Waals surface area (Å²) in [4.78, 5) is 84.3. The van der Waals surface area contributed by atoms with Gasteiger partial charge in [-0.25, -0.2) is 24.9 Å². The third kappa shape index (κ3) is 12.5. The smallest absolute Gasteiger partial charge is 0.238 e. The molecule has 0 saturated heterocycles. The first-order valence-corrected chi connectivity index (χ1v) is 43.3. The molecule has 20 heteroatoms. The van der Waals surface area contributed by atoms with Crippen molar-refractivity contribution in [1.29, 1.82) is 0 Å². The van der Waals surface area contributed by atoms with E-state index in [-0.39, 0.29) is 5.92 Å². The molecule has 2 unspecified atom stereocenters. The second-order valence-corrected chi connectivity index (χ2v) is 32.5. The summed E-state index contributed by atoms with van der Waals surface area (Å²) in [6.07, 6.45) is 4.78. The molecule has 0 N–H and O–H groups in total. The number of hydrogen-bond donors (Lipinski definition) is 0. The SMILES string of the molecule is c1cccc(-c2nc(-c3ccccc3)nc(-n3c4c(c5cc6c(cc53)c3cc5c(cc3n6-c3nc(-c6ccccc6)nc(-c6ccccc6)n3)c3cc6c(cc3n5-c3nc(-c5ccccc5)nc(-c5ccccc5)n3)c3ccccc3n6-c3nc(-c5ccccc5)nc(-c5ccccc5)n3)=CC3C(C=4)c4ccccc4N3c3nc(-c4ccccc4)nc(-c4ccccc4)n3)n2)c#1. The highest BCUT2D eigenvalue weighted by Crippen LogP contribution is 2.49. The van der Waals surface area contributed by atoms with Crippen molar-refractivity contribution in [3.05, 3.63) is 404 Å². The van der Waals surface area contributed by atoms with Crippen LogP contribution in [-0.2, 0) is 0 Å². The van der Waals surface area contributed by atoms with Gasteiger partial charge >= 0.3 is 0 Å². The fourth-order valence-electron chi connectivity index (χ4n) is 18.8. The van der Waals surface area contributed by atoms with Crippen LogP contribution in [-0.4, -0.2) is 99.1 Å². The van der Waals surface area contributed by atoms with E-state index in [1.807, 2.05) is 291 Å². The van der Waals surface area contributed by atoms with Gasteiger partial charge in [-0.05, 0) is 72.3 Å². The molecule has 2 atom stereocenters. The lowest BCUT2D eigenvalue weighted by atomic mass is 9.90. The first-order valence-electron chi connectivity index (χ1n) is 43.3. The molecule has 0 bridgehead atoms. The zero-order valence-electron chi connectivity index (χ0n) is 69.5. The summed E-state index contributed by atoms with van der Waals surface area (Å²) < 4.78 is 8.84. The monoisotopic (exact) mass is 1680 g/mol. The Bertz CT molecular complexity index is 8540. The van der Waals surface area contributed by atoms with Gasteiger partial charge in [-0.2, -0.15) is 49.8 Å². The van der Waals surface area contributed by atoms with Crippen LogP contribution in [0.3, 0.4) is 0 Å². The second-order valence-electron chi connectivity index (χ2n) is 32.5. The minimum atomic E-state index is -0.398. The summed E-state index contributed by atoms with van der Waals surface area (Å²) in [6.45, 7) is 0. The Hall–Kier alpha value is -18.4. The number of fused-ring (bicyclic) bond motifs is 15. The number of hydrogen-bond acceptors (Lipinski definition) is 16. The van der Waals surface area contributed by atoms with Crippen LogP contribution in [0.25, 0.3) is 226 Å². The van der Waals surface area contributed by atoms with E-state index < -0.39 is 6.04 Å². The molecule has 131 heavy (non-hydrogen) atoms. The lowest BCUT2D eigenvalue weighted by molar-refractivity contribution is 0.772. The Kier molecular flexibility index (Phi) is 17.1. The molecule has 0 radical (unpaired) electrons. The van der Waals surface area contributed by atoms with Gasteiger partial charge in [-0.1, -0.05) is 334 Å². The third-order valence-corrected chi connectivity index (χ3v) is 24.8. The van der Waals surface area contributed by atoms with E-state index in [1.54, 1.807) is 0 Å². The van der Waals surface area contributed by atoms with Gasteiger partial charge < -0.3 is 4.90 Å². The molecule has 1 aliphatic carbocycles. The minimum Gasteiger partial charge on any atom is -0.302 e. The summed E-state index contributed by atoms with van der Waals surface area (Å²) in [6, 6.07) is 134. The van der Waals surface area contributed by atoms with Crippen LogP contribution in [0.15, 0.2) is 376 Å². The Balaban J connectivity index is 0.817. The Morgan fingerprint density at radius 1 is 0.214 bits per heavy atom. The average molecular weight is 1680 g/mol. The van der Waals surface area contributed by atoms with Crippen LogP contribution in [0.5, 0.6) is 0 Å². The van der Waals surface area contributed by atoms with E-state index in [0.717, 1.165) is 148 Å². The number of benzene rings is 14. The Morgan fingerprint density at radius 3 is 0.855 bits per heavy atom. The van der Waals surface area contributed by atoms with Crippen LogP contribution in [0.2, 0.25) is 0 Å². The highest BCUT2D eigenvalue weighted by molar-refractivity contribution is 6.24. The summed E-state index contributed by atoms with van der Waals surface area (Å²) >= 11 is 0. The van der Waals surface area contributed by atoms with Crippen molar-refractivity contribution >= 4 is 100 Å². The van der Waals surface area contributed by atoms with Gasteiger partial charge in [0, 0.05) is 105 Å². The van der Waals surface area contributed by atoms with Gasteiger partial charge in [0.1, 0.15) is 0 Å². The largest absolute Gasteiger partial charge is 0.302 e. The van der Waals surface area contributed by atoms with E-state index in [0.29, 0.717) is 93.5 Å². The summed E-state index contributed by atoms with van der Waals surface area (Å²) in [5.41, 5.74) is 15.9. The van der Waals surface area contributed by atoms with Gasteiger partial charge in [0.25, 0.3) is 0 Å². The molecular weight excluding hydrogens is 1610 g/mol. The van der Waals surface area contributed by atoms with E-state index in [9.17, 15) is 0 Å². The maximum Gasteiger partial charge on any atom is 0.238 e. The maximum absolute atomic E-state index is 5.69. The molecule has 20 nitrogen and oxygen atoms in total. The van der Waals surface area contributed by atoms with Crippen LogP contribution >= 0.6 is 0 Å². The standard InChI is InChI=1S/C111H66N20/c1-11-35-67(36-12-1)97-112-98(68-37-13-2-14-38-68)118-107(117-97)127-87-57-33-31-55-77(87)79-59-91-81(61-89(79)127)83-63-95-85(65-93(83)129(91)109-121-101(71-43-19-5-20-44-71)114-102(122-109)72-45-21-6-22-46-72)86-66-94-84(64-96(86)131(95)111-125-105(75-51-27-9-28-52-75)116-106(126-111)76-53-29-10-30-54-76)82-62-90-80(60-92(82)130(94)110-123-103(73-47-23-7-24-48-73)115-104(124-110)74-49-25-8-26-50-74)78-56-32-34-58-88(78)128(90)108-119-99(69-39-15-3-16-40-69)113-100(120-108)70-41-17-4-18-42-70/h1-25,27-49,51-66,80,90H. The van der Waals surface area contributed by atoms with Gasteiger partial charge in [-0.3, -0.25) is 18.3 Å². The van der Waals surface area contributed by atoms with E-state index >= 15 is 0 Å². The van der Waals surface area contributed by atoms with Crippen LogP contribution < -0.4 is 15.5 Å². The molecule has 24 aromatic rings. The van der Waals surface area contributed by atoms with Gasteiger partial charge in [0.05, 0.1) is 55.6 Å². The number of nitrogens with zero attached hydrogens (tertiary/aromatic N) is 20. The first kappa shape index (κ1) is 74.1. The minimum absolute atomic E-state index is 0.277. The predicted octanol–water partition coefficient (Wildman–Crippen LogP) is 22.0. The lowest BCUT2D eigenvalue weighted by Crippen LogP contribution is -2.40. The van der Waals surface area contributed by atoms with Gasteiger partial charge in [0.2, 0.25) is 29.7 Å². The quantitative estimate of drug-likeness (QED) is 0.0932. The van der Waals surface area contributed by atoms with Crippen molar-refractivity contribution in [1.82, 2.24) is 93.0 Å². The number of para-hydroxylation sites is 2. The molecule has 0 amide bonds. The molecule has 9 aromatic heterocycles. The van der Waals surface area contributed by atoms with Crippen molar-refractivity contribution in [3.63, 3.8) is 0 Å². The zero-order valence-corrected chi connectivity index (χ0v) is 69.5. The highest BCUT2D eigenvalue weighted by Gasteiger charge is 2.41. The van der Waals surface area contributed by atoms with Crippen molar-refractivity contribution < 1.29 is 0 Å². The first-order chi connectivity index (χ1) is 64.9. The fourth-order valence-corrected chi connectivity index (χ4v) is 18.8. The van der Waals surface area contributed by atoms with Gasteiger partial charge in [0.15, 0.2) is 58.2 Å². The molecule has 15 aromatic carbocycles. The van der Waals surface area contributed by atoms with Crippen molar-refractivity contribution in [2.45, 2.75) is 12.0 Å². The molecule has 0 saturated carbocycles. The lowest BCUT2D eigenvalue weighted by Gasteiger charge is -2.27. The normalized spacial score (nSPS) is 13.4. The molecule has 2 aliphatic rings. The number of aromatic nitrogens is 19. The number of anilines is 2. The molecule has 1 aliphatic heterocycles. The van der Waals surface area contributed by atoms with Crippen molar-refractivity contribution in [2.24, 2.45) is 0 Å².